The molecule has 0 aliphatic heterocycles. The lowest BCUT2D eigenvalue weighted by Crippen LogP contribution is -2.33. The van der Waals surface area contributed by atoms with Gasteiger partial charge in [-0.05, 0) is 30.2 Å². The first-order valence-corrected chi connectivity index (χ1v) is 7.67. The second kappa shape index (κ2) is 8.21. The Hall–Kier alpha value is -2.99. The minimum atomic E-state index is -0.814. The van der Waals surface area contributed by atoms with Crippen LogP contribution in [0.1, 0.15) is 33.2 Å². The van der Waals surface area contributed by atoms with E-state index in [1.165, 1.54) is 20.1 Å². The van der Waals surface area contributed by atoms with Gasteiger partial charge in [0.15, 0.2) is 5.78 Å². The lowest BCUT2D eigenvalue weighted by atomic mass is 9.95. The largest absolute Gasteiger partial charge is 0.465 e. The van der Waals surface area contributed by atoms with E-state index in [9.17, 15) is 14.4 Å². The van der Waals surface area contributed by atoms with Crippen LogP contribution < -0.4 is 10.5 Å². The van der Waals surface area contributed by atoms with Crippen molar-refractivity contribution in [1.82, 2.24) is 0 Å². The van der Waals surface area contributed by atoms with Crippen LogP contribution in [0.25, 0.3) is 0 Å². The molecule has 6 nitrogen and oxygen atoms in total. The number of carbonyl (C=O) groups is 3. The monoisotopic (exact) mass is 341 g/mol. The van der Waals surface area contributed by atoms with Crippen LogP contribution in [0.15, 0.2) is 48.5 Å². The number of esters is 2. The first-order valence-electron chi connectivity index (χ1n) is 7.67. The first kappa shape index (κ1) is 18.4. The maximum absolute atomic E-state index is 12.6. The Kier molecular flexibility index (Phi) is 6.03. The summed E-state index contributed by atoms with van der Waals surface area (Å²) in [6.45, 7) is 1.32. The van der Waals surface area contributed by atoms with Crippen molar-refractivity contribution in [2.24, 2.45) is 5.73 Å². The number of Topliss-reactive ketones (excluding diaryl/α,β-unsaturated/α-hetero) is 1. The highest BCUT2D eigenvalue weighted by molar-refractivity contribution is 6.08. The standard InChI is InChI=1S/C19H19NO5/c1-12(21)25-14-9-7-13(8-10-14)11-17(20)18(22)15-5-3-4-6-16(15)19(23)24-2/h3-10,17H,11,20H2,1-2H3/t17-/m0/s1. The summed E-state index contributed by atoms with van der Waals surface area (Å²) in [7, 11) is 1.26. The topological polar surface area (TPSA) is 95.7 Å². The van der Waals surface area contributed by atoms with Crippen LogP contribution in [0.3, 0.4) is 0 Å². The summed E-state index contributed by atoms with van der Waals surface area (Å²) < 4.78 is 9.65. The van der Waals surface area contributed by atoms with E-state index in [-0.39, 0.29) is 23.3 Å². The quantitative estimate of drug-likeness (QED) is 0.491. The number of ketones is 1. The molecule has 0 spiro atoms. The molecule has 0 aliphatic carbocycles. The average Bonchev–Trinajstić information content (AvgIpc) is 2.61. The van der Waals surface area contributed by atoms with E-state index in [1.807, 2.05) is 0 Å². The third-order valence-electron chi connectivity index (χ3n) is 3.58. The second-order valence-corrected chi connectivity index (χ2v) is 5.45. The molecule has 2 N–H and O–H groups in total. The van der Waals surface area contributed by atoms with Crippen molar-refractivity contribution in [2.75, 3.05) is 7.11 Å². The fourth-order valence-corrected chi connectivity index (χ4v) is 2.39. The van der Waals surface area contributed by atoms with Crippen LogP contribution in [-0.2, 0) is 16.0 Å². The Morgan fingerprint density at radius 2 is 1.60 bits per heavy atom. The molecule has 0 aliphatic rings. The van der Waals surface area contributed by atoms with E-state index in [0.717, 1.165) is 5.56 Å². The molecule has 130 valence electrons. The predicted octanol–water partition coefficient (Wildman–Crippen LogP) is 2.15. The number of rotatable bonds is 6. The van der Waals surface area contributed by atoms with E-state index in [1.54, 1.807) is 42.5 Å². The predicted molar refractivity (Wildman–Crippen MR) is 91.5 cm³/mol. The van der Waals surface area contributed by atoms with Crippen molar-refractivity contribution in [1.29, 1.82) is 0 Å². The molecular formula is C19H19NO5. The van der Waals surface area contributed by atoms with Gasteiger partial charge in [-0.3, -0.25) is 9.59 Å². The molecule has 2 aromatic rings. The summed E-state index contributed by atoms with van der Waals surface area (Å²) in [4.78, 5) is 35.3. The smallest absolute Gasteiger partial charge is 0.338 e. The van der Waals surface area contributed by atoms with Crippen LogP contribution >= 0.6 is 0 Å². The number of carbonyl (C=O) groups excluding carboxylic acids is 3. The lowest BCUT2D eigenvalue weighted by Gasteiger charge is -2.13. The second-order valence-electron chi connectivity index (χ2n) is 5.45. The molecule has 1 atom stereocenters. The van der Waals surface area contributed by atoms with E-state index in [2.05, 4.69) is 0 Å². The summed E-state index contributed by atoms with van der Waals surface area (Å²) in [5.74, 6) is -0.904. The number of benzene rings is 2. The minimum Gasteiger partial charge on any atom is -0.465 e. The van der Waals surface area contributed by atoms with Gasteiger partial charge in [0.2, 0.25) is 0 Å². The fraction of sp³-hybridized carbons (Fsp3) is 0.211. The van der Waals surface area contributed by atoms with Gasteiger partial charge in [-0.1, -0.05) is 30.3 Å². The van der Waals surface area contributed by atoms with Crippen LogP contribution in [0.5, 0.6) is 5.75 Å². The van der Waals surface area contributed by atoms with Crippen molar-refractivity contribution >= 4 is 17.7 Å². The number of hydrogen-bond acceptors (Lipinski definition) is 6. The van der Waals surface area contributed by atoms with E-state index in [4.69, 9.17) is 15.2 Å². The highest BCUT2D eigenvalue weighted by Gasteiger charge is 2.22. The van der Waals surface area contributed by atoms with Gasteiger partial charge in [0.1, 0.15) is 5.75 Å². The van der Waals surface area contributed by atoms with Crippen molar-refractivity contribution in [2.45, 2.75) is 19.4 Å². The van der Waals surface area contributed by atoms with Crippen LogP contribution in [0.2, 0.25) is 0 Å². The van der Waals surface area contributed by atoms with Gasteiger partial charge in [0, 0.05) is 12.5 Å². The Bertz CT molecular complexity index is 783. The van der Waals surface area contributed by atoms with Gasteiger partial charge in [-0.15, -0.1) is 0 Å². The Morgan fingerprint density at radius 1 is 1.00 bits per heavy atom. The van der Waals surface area contributed by atoms with Gasteiger partial charge in [-0.2, -0.15) is 0 Å². The maximum atomic E-state index is 12.6. The summed E-state index contributed by atoms with van der Waals surface area (Å²) >= 11 is 0. The number of ether oxygens (including phenoxy) is 2. The zero-order chi connectivity index (χ0) is 18.4. The normalized spacial score (nSPS) is 11.5. The lowest BCUT2D eigenvalue weighted by molar-refractivity contribution is -0.131. The van der Waals surface area contributed by atoms with Crippen molar-refractivity contribution in [3.63, 3.8) is 0 Å². The minimum absolute atomic E-state index is 0.190. The van der Waals surface area contributed by atoms with E-state index >= 15 is 0 Å². The first-order chi connectivity index (χ1) is 11.9. The molecule has 2 aromatic carbocycles. The van der Waals surface area contributed by atoms with Crippen molar-refractivity contribution in [3.8, 4) is 5.75 Å². The Morgan fingerprint density at radius 3 is 2.16 bits per heavy atom. The zero-order valence-corrected chi connectivity index (χ0v) is 14.0. The summed E-state index contributed by atoms with van der Waals surface area (Å²) in [5.41, 5.74) is 7.26. The molecule has 0 saturated carbocycles. The SMILES string of the molecule is COC(=O)c1ccccc1C(=O)[C@@H](N)Cc1ccc(OC(C)=O)cc1. The third-order valence-corrected chi connectivity index (χ3v) is 3.58. The molecule has 0 fully saturated rings. The zero-order valence-electron chi connectivity index (χ0n) is 14.0. The molecular weight excluding hydrogens is 322 g/mol. The van der Waals surface area contributed by atoms with Crippen LogP contribution in [0.4, 0.5) is 0 Å². The van der Waals surface area contributed by atoms with E-state index < -0.39 is 18.0 Å². The molecule has 0 unspecified atom stereocenters. The number of hydrogen-bond donors (Lipinski definition) is 1. The van der Waals surface area contributed by atoms with Crippen molar-refractivity contribution in [3.05, 3.63) is 65.2 Å². The molecule has 0 bridgehead atoms. The van der Waals surface area contributed by atoms with Gasteiger partial charge < -0.3 is 15.2 Å². The maximum Gasteiger partial charge on any atom is 0.338 e. The molecule has 0 radical (unpaired) electrons. The highest BCUT2D eigenvalue weighted by atomic mass is 16.5. The highest BCUT2D eigenvalue weighted by Crippen LogP contribution is 2.16. The average molecular weight is 341 g/mol. The van der Waals surface area contributed by atoms with Gasteiger partial charge in [0.25, 0.3) is 0 Å². The molecule has 2 rings (SSSR count). The molecule has 6 heteroatoms. The molecule has 0 saturated heterocycles. The van der Waals surface area contributed by atoms with Gasteiger partial charge >= 0.3 is 11.9 Å². The fourth-order valence-electron chi connectivity index (χ4n) is 2.39. The van der Waals surface area contributed by atoms with Crippen molar-refractivity contribution < 1.29 is 23.9 Å². The summed E-state index contributed by atoms with van der Waals surface area (Å²) in [6, 6.07) is 12.3. The van der Waals surface area contributed by atoms with Crippen LogP contribution in [0, 0.1) is 0 Å². The molecule has 0 amide bonds. The Labute approximate surface area is 145 Å². The van der Waals surface area contributed by atoms with Crippen LogP contribution in [-0.4, -0.2) is 30.9 Å². The number of nitrogens with two attached hydrogens (primary N) is 1. The summed E-state index contributed by atoms with van der Waals surface area (Å²) in [6.07, 6.45) is 0.286. The molecule has 0 heterocycles. The van der Waals surface area contributed by atoms with E-state index in [0.29, 0.717) is 5.75 Å². The third kappa shape index (κ3) is 4.74. The summed E-state index contributed by atoms with van der Waals surface area (Å²) in [5, 5.41) is 0. The van der Waals surface area contributed by atoms with Gasteiger partial charge in [0.05, 0.1) is 18.7 Å². The number of methoxy groups -OCH3 is 1. The van der Waals surface area contributed by atoms with Gasteiger partial charge in [-0.25, -0.2) is 4.79 Å². The molecule has 0 aromatic heterocycles. The molecule has 25 heavy (non-hydrogen) atoms. The Balaban J connectivity index is 2.13.